The van der Waals surface area contributed by atoms with Crippen LogP contribution in [0.1, 0.15) is 15.6 Å². The first kappa shape index (κ1) is 19.7. The second-order valence-corrected chi connectivity index (χ2v) is 8.54. The molecule has 0 aliphatic carbocycles. The number of rotatable bonds is 5. The maximum Gasteiger partial charge on any atom is 0.264 e. The number of piperazine rings is 1. The van der Waals surface area contributed by atoms with Crippen LogP contribution in [0.4, 0.5) is 0 Å². The zero-order chi connectivity index (χ0) is 21.2. The topological polar surface area (TPSA) is 71.7 Å². The van der Waals surface area contributed by atoms with Crippen LogP contribution in [0.5, 0.6) is 5.75 Å². The van der Waals surface area contributed by atoms with E-state index >= 15 is 0 Å². The van der Waals surface area contributed by atoms with Crippen LogP contribution in [0, 0.1) is 0 Å². The molecule has 8 heteroatoms. The number of ether oxygens (including phenoxy) is 1. The Balaban J connectivity index is 1.18. The summed E-state index contributed by atoms with van der Waals surface area (Å²) in [6.45, 7) is 3.50. The molecule has 0 unspecified atom stereocenters. The predicted molar refractivity (Wildman–Crippen MR) is 119 cm³/mol. The van der Waals surface area contributed by atoms with E-state index in [1.807, 2.05) is 53.4 Å². The zero-order valence-corrected chi connectivity index (χ0v) is 18.0. The lowest BCUT2D eigenvalue weighted by atomic mass is 10.2. The van der Waals surface area contributed by atoms with Crippen molar-refractivity contribution >= 4 is 27.3 Å². The summed E-state index contributed by atoms with van der Waals surface area (Å²) in [6.07, 6.45) is 0. The van der Waals surface area contributed by atoms with Gasteiger partial charge in [0.1, 0.15) is 5.75 Å². The summed E-state index contributed by atoms with van der Waals surface area (Å²) < 4.78 is 11.8. The van der Waals surface area contributed by atoms with Gasteiger partial charge >= 0.3 is 0 Å². The van der Waals surface area contributed by atoms with E-state index < -0.39 is 0 Å². The van der Waals surface area contributed by atoms with Gasteiger partial charge in [-0.3, -0.25) is 9.69 Å². The zero-order valence-electron chi connectivity index (χ0n) is 17.2. The van der Waals surface area contributed by atoms with E-state index in [1.54, 1.807) is 18.4 Å². The third-order valence-electron chi connectivity index (χ3n) is 5.47. The molecule has 5 rings (SSSR count). The minimum absolute atomic E-state index is 0.112. The van der Waals surface area contributed by atoms with Crippen molar-refractivity contribution in [3.05, 3.63) is 65.4 Å². The number of amides is 1. The molecule has 31 heavy (non-hydrogen) atoms. The minimum atomic E-state index is 0.112. The molecule has 1 aliphatic rings. The molecule has 7 nitrogen and oxygen atoms in total. The number of benzene rings is 2. The number of aromatic nitrogens is 2. The van der Waals surface area contributed by atoms with Crippen molar-refractivity contribution in [3.8, 4) is 17.1 Å². The highest BCUT2D eigenvalue weighted by molar-refractivity contribution is 7.20. The van der Waals surface area contributed by atoms with Gasteiger partial charge in [-0.15, -0.1) is 11.3 Å². The molecular formula is C23H22N4O3S. The summed E-state index contributed by atoms with van der Waals surface area (Å²) in [5.74, 6) is 2.04. The highest BCUT2D eigenvalue weighted by atomic mass is 32.1. The Morgan fingerprint density at radius 2 is 1.87 bits per heavy atom. The van der Waals surface area contributed by atoms with Crippen molar-refractivity contribution in [1.82, 2.24) is 19.9 Å². The molecule has 0 spiro atoms. The Bertz CT molecular complexity index is 1160. The largest absolute Gasteiger partial charge is 0.497 e. The van der Waals surface area contributed by atoms with E-state index in [4.69, 9.17) is 9.26 Å². The Labute approximate surface area is 183 Å². The lowest BCUT2D eigenvalue weighted by molar-refractivity contribution is 0.0620. The van der Waals surface area contributed by atoms with Crippen molar-refractivity contribution in [2.75, 3.05) is 33.3 Å². The van der Waals surface area contributed by atoms with Crippen LogP contribution in [0.15, 0.2) is 59.1 Å². The second-order valence-electron chi connectivity index (χ2n) is 7.46. The van der Waals surface area contributed by atoms with E-state index in [2.05, 4.69) is 21.1 Å². The number of carbonyl (C=O) groups excluding carboxylic acids is 1. The number of methoxy groups -OCH3 is 1. The summed E-state index contributed by atoms with van der Waals surface area (Å²) in [7, 11) is 1.64. The molecule has 4 aromatic rings. The molecule has 2 aromatic heterocycles. The third-order valence-corrected chi connectivity index (χ3v) is 6.58. The number of hydrogen-bond acceptors (Lipinski definition) is 7. The molecule has 0 N–H and O–H groups in total. The molecule has 3 heterocycles. The monoisotopic (exact) mass is 434 g/mol. The highest BCUT2D eigenvalue weighted by Crippen LogP contribution is 2.27. The first-order valence-electron chi connectivity index (χ1n) is 10.2. The van der Waals surface area contributed by atoms with Crippen molar-refractivity contribution in [1.29, 1.82) is 0 Å². The maximum absolute atomic E-state index is 12.9. The van der Waals surface area contributed by atoms with Gasteiger partial charge in [-0.2, -0.15) is 4.98 Å². The Kier molecular flexibility index (Phi) is 5.40. The number of nitrogens with zero attached hydrogens (tertiary/aromatic N) is 4. The van der Waals surface area contributed by atoms with Crippen LogP contribution in [-0.2, 0) is 6.54 Å². The van der Waals surface area contributed by atoms with Crippen LogP contribution >= 0.6 is 11.3 Å². The third kappa shape index (κ3) is 4.17. The number of fused-ring (bicyclic) bond motifs is 1. The van der Waals surface area contributed by atoms with Crippen molar-refractivity contribution < 1.29 is 14.1 Å². The molecular weight excluding hydrogens is 412 g/mol. The van der Waals surface area contributed by atoms with Gasteiger partial charge in [0.05, 0.1) is 18.5 Å². The lowest BCUT2D eigenvalue weighted by Crippen LogP contribution is -2.48. The van der Waals surface area contributed by atoms with Gasteiger partial charge in [-0.05, 0) is 41.8 Å². The first-order chi connectivity index (χ1) is 15.2. The van der Waals surface area contributed by atoms with Crippen LogP contribution in [-0.4, -0.2) is 59.1 Å². The van der Waals surface area contributed by atoms with E-state index in [0.717, 1.165) is 39.4 Å². The fraction of sp³-hybridized carbons (Fsp3) is 0.261. The average molecular weight is 435 g/mol. The fourth-order valence-electron chi connectivity index (χ4n) is 3.72. The Hall–Kier alpha value is -3.23. The smallest absolute Gasteiger partial charge is 0.264 e. The van der Waals surface area contributed by atoms with E-state index in [1.165, 1.54) is 0 Å². The summed E-state index contributed by atoms with van der Waals surface area (Å²) in [5.41, 5.74) is 0.884. The van der Waals surface area contributed by atoms with Gasteiger partial charge in [0.15, 0.2) is 0 Å². The molecule has 1 fully saturated rings. The van der Waals surface area contributed by atoms with Crippen LogP contribution < -0.4 is 4.74 Å². The molecule has 2 aromatic carbocycles. The first-order valence-corrected chi connectivity index (χ1v) is 11.0. The van der Waals surface area contributed by atoms with Crippen molar-refractivity contribution in [2.45, 2.75) is 6.54 Å². The summed E-state index contributed by atoms with van der Waals surface area (Å²) in [6, 6.07) is 17.7. The Morgan fingerprint density at radius 1 is 1.10 bits per heavy atom. The van der Waals surface area contributed by atoms with Crippen LogP contribution in [0.3, 0.4) is 0 Å². The molecule has 0 bridgehead atoms. The molecule has 1 amide bonds. The molecule has 0 radical (unpaired) electrons. The Morgan fingerprint density at radius 3 is 2.61 bits per heavy atom. The van der Waals surface area contributed by atoms with Crippen LogP contribution in [0.25, 0.3) is 21.5 Å². The van der Waals surface area contributed by atoms with E-state index in [-0.39, 0.29) is 5.91 Å². The molecule has 1 saturated heterocycles. The van der Waals surface area contributed by atoms with Gasteiger partial charge in [-0.1, -0.05) is 23.4 Å². The summed E-state index contributed by atoms with van der Waals surface area (Å²) >= 11 is 1.56. The van der Waals surface area contributed by atoms with Gasteiger partial charge < -0.3 is 14.2 Å². The highest BCUT2D eigenvalue weighted by Gasteiger charge is 2.24. The molecule has 1 aliphatic heterocycles. The van der Waals surface area contributed by atoms with Crippen molar-refractivity contribution in [2.24, 2.45) is 0 Å². The summed E-state index contributed by atoms with van der Waals surface area (Å²) in [5, 5.41) is 5.22. The SMILES string of the molecule is COc1ccc(-c2noc(CN3CCN(C(=O)c4cc5ccccc5s4)CC3)n2)cc1. The lowest BCUT2D eigenvalue weighted by Gasteiger charge is -2.33. The minimum Gasteiger partial charge on any atom is -0.497 e. The average Bonchev–Trinajstić information content (AvgIpc) is 3.46. The molecule has 0 atom stereocenters. The van der Waals surface area contributed by atoms with E-state index in [0.29, 0.717) is 31.3 Å². The van der Waals surface area contributed by atoms with Gasteiger partial charge in [-0.25, -0.2) is 0 Å². The van der Waals surface area contributed by atoms with Gasteiger partial charge in [0.2, 0.25) is 11.7 Å². The second kappa shape index (κ2) is 8.49. The molecule has 0 saturated carbocycles. The van der Waals surface area contributed by atoms with Crippen molar-refractivity contribution in [3.63, 3.8) is 0 Å². The van der Waals surface area contributed by atoms with Crippen LogP contribution in [0.2, 0.25) is 0 Å². The van der Waals surface area contributed by atoms with E-state index in [9.17, 15) is 4.79 Å². The molecule has 158 valence electrons. The summed E-state index contributed by atoms with van der Waals surface area (Å²) in [4.78, 5) is 22.4. The normalized spacial score (nSPS) is 14.8. The fourth-order valence-corrected chi connectivity index (χ4v) is 4.75. The quantitative estimate of drug-likeness (QED) is 0.474. The van der Waals surface area contributed by atoms with Gasteiger partial charge in [0, 0.05) is 36.4 Å². The number of carbonyl (C=O) groups is 1. The standard InChI is InChI=1S/C23H22N4O3S/c1-29-18-8-6-16(7-9-18)22-24-21(30-25-22)15-26-10-12-27(13-11-26)23(28)20-14-17-4-2-3-5-19(17)31-20/h2-9,14H,10-13,15H2,1H3. The maximum atomic E-state index is 12.9. The number of hydrogen-bond donors (Lipinski definition) is 0. The van der Waals surface area contributed by atoms with Gasteiger partial charge in [0.25, 0.3) is 5.91 Å². The number of thiophene rings is 1. The predicted octanol–water partition coefficient (Wildman–Crippen LogP) is 3.92.